The smallest absolute Gasteiger partial charge is 0.226 e. The summed E-state index contributed by atoms with van der Waals surface area (Å²) in [5.74, 6) is -0.467. The van der Waals surface area contributed by atoms with Gasteiger partial charge in [-0.25, -0.2) is 0 Å². The molecular formula is C17H16O4. The van der Waals surface area contributed by atoms with E-state index in [1.807, 2.05) is 6.92 Å². The molecule has 0 aromatic heterocycles. The molecule has 1 N–H and O–H groups in total. The van der Waals surface area contributed by atoms with Crippen molar-refractivity contribution >= 4 is 0 Å². The molecule has 0 unspecified atom stereocenters. The topological polar surface area (TPSA) is 63.6 Å². The molecule has 4 nitrogen and oxygen atoms in total. The lowest BCUT2D eigenvalue weighted by molar-refractivity contribution is 0.407. The predicted octanol–water partition coefficient (Wildman–Crippen LogP) is 2.83. The lowest BCUT2D eigenvalue weighted by Crippen LogP contribution is -2.06. The van der Waals surface area contributed by atoms with E-state index in [4.69, 9.17) is 4.74 Å². The fourth-order valence-corrected chi connectivity index (χ4v) is 1.95. The van der Waals surface area contributed by atoms with Gasteiger partial charge in [0.25, 0.3) is 0 Å². The highest BCUT2D eigenvalue weighted by atomic mass is 16.5. The van der Waals surface area contributed by atoms with Crippen LogP contribution in [0, 0.1) is 20.8 Å². The third-order valence-electron chi connectivity index (χ3n) is 3.14. The molecular weight excluding hydrogens is 268 g/mol. The highest BCUT2D eigenvalue weighted by Gasteiger charge is 2.10. The van der Waals surface area contributed by atoms with Crippen molar-refractivity contribution in [1.29, 1.82) is 0 Å². The molecule has 2 aromatic rings. The molecule has 0 aliphatic heterocycles. The van der Waals surface area contributed by atoms with Gasteiger partial charge in [0.2, 0.25) is 16.6 Å². The Kier molecular flexibility index (Phi) is 4.08. The molecule has 0 amide bonds. The van der Waals surface area contributed by atoms with E-state index < -0.39 is 11.2 Å². The van der Waals surface area contributed by atoms with Crippen molar-refractivity contribution in [3.05, 3.63) is 73.5 Å². The molecule has 21 heavy (non-hydrogen) atoms. The predicted molar refractivity (Wildman–Crippen MR) is 81.4 cm³/mol. The normalized spacial score (nSPS) is 10.2. The molecule has 0 saturated carbocycles. The van der Waals surface area contributed by atoms with Crippen LogP contribution >= 0.6 is 0 Å². The summed E-state index contributed by atoms with van der Waals surface area (Å²) in [6.45, 7) is 5.16. The lowest BCUT2D eigenvalue weighted by Gasteiger charge is -2.03. The number of aromatic hydroxyl groups is 1. The summed E-state index contributed by atoms with van der Waals surface area (Å²) in [6, 6.07) is 9.66. The number of hydrogen-bond acceptors (Lipinski definition) is 4. The first-order chi connectivity index (χ1) is 9.90. The number of rotatable bonds is 2. The second-order valence-electron chi connectivity index (χ2n) is 4.95. The van der Waals surface area contributed by atoms with Crippen LogP contribution in [0.4, 0.5) is 0 Å². The van der Waals surface area contributed by atoms with Crippen molar-refractivity contribution in [3.8, 4) is 17.2 Å². The Bertz CT molecular complexity index is 810. The first kappa shape index (κ1) is 14.8. The number of ether oxygens (including phenoxy) is 1. The summed E-state index contributed by atoms with van der Waals surface area (Å²) < 4.78 is 5.47. The summed E-state index contributed by atoms with van der Waals surface area (Å²) in [5.41, 5.74) is 1.05. The standard InChI is InChI=1S/C17H16O4/c1-10-7-8-14(15(18)12(3)9-10)21-13-6-4-5-11(2)16(19)17(13)20/h4-9H,1-3H3,(H,19,20). The Morgan fingerprint density at radius 2 is 1.57 bits per heavy atom. The van der Waals surface area contributed by atoms with Crippen LogP contribution in [-0.4, -0.2) is 5.11 Å². The second kappa shape index (κ2) is 5.79. The zero-order valence-electron chi connectivity index (χ0n) is 12.1. The van der Waals surface area contributed by atoms with Crippen molar-refractivity contribution in [2.24, 2.45) is 0 Å². The lowest BCUT2D eigenvalue weighted by atomic mass is 10.2. The van der Waals surface area contributed by atoms with Gasteiger partial charge >= 0.3 is 0 Å². The van der Waals surface area contributed by atoms with Crippen LogP contribution in [0.2, 0.25) is 0 Å². The van der Waals surface area contributed by atoms with Gasteiger partial charge in [-0.2, -0.15) is 0 Å². The van der Waals surface area contributed by atoms with Gasteiger partial charge in [0, 0.05) is 11.1 Å². The highest BCUT2D eigenvalue weighted by Crippen LogP contribution is 2.25. The third-order valence-corrected chi connectivity index (χ3v) is 3.14. The van der Waals surface area contributed by atoms with Crippen LogP contribution in [0.25, 0.3) is 0 Å². The summed E-state index contributed by atoms with van der Waals surface area (Å²) in [6.07, 6.45) is 0. The van der Waals surface area contributed by atoms with E-state index in [2.05, 4.69) is 0 Å². The van der Waals surface area contributed by atoms with Crippen LogP contribution in [0.5, 0.6) is 17.2 Å². The number of hydrogen-bond donors (Lipinski definition) is 1. The molecule has 0 aliphatic carbocycles. The van der Waals surface area contributed by atoms with E-state index in [-0.39, 0.29) is 16.9 Å². The van der Waals surface area contributed by atoms with Gasteiger partial charge in [0.15, 0.2) is 11.5 Å². The first-order valence-electron chi connectivity index (χ1n) is 6.52. The van der Waals surface area contributed by atoms with Crippen LogP contribution < -0.4 is 15.6 Å². The van der Waals surface area contributed by atoms with Gasteiger partial charge in [-0.15, -0.1) is 0 Å². The monoisotopic (exact) mass is 284 g/mol. The number of aryl methyl sites for hydroxylation is 3. The Morgan fingerprint density at radius 3 is 2.29 bits per heavy atom. The van der Waals surface area contributed by atoms with Gasteiger partial charge in [-0.1, -0.05) is 29.8 Å². The second-order valence-corrected chi connectivity index (χ2v) is 4.95. The van der Waals surface area contributed by atoms with Crippen molar-refractivity contribution in [3.63, 3.8) is 0 Å². The van der Waals surface area contributed by atoms with E-state index in [1.165, 1.54) is 12.1 Å². The SMILES string of the molecule is Cc1ccc(Oc2cccc(C)c(=O)c2O)c(=O)c(C)c1. The summed E-state index contributed by atoms with van der Waals surface area (Å²) in [4.78, 5) is 24.0. The zero-order chi connectivity index (χ0) is 15.6. The average Bonchev–Trinajstić information content (AvgIpc) is 2.64. The molecule has 0 atom stereocenters. The molecule has 0 spiro atoms. The van der Waals surface area contributed by atoms with Gasteiger partial charge in [0.1, 0.15) is 0 Å². The molecule has 0 bridgehead atoms. The third kappa shape index (κ3) is 3.11. The molecule has 0 heterocycles. The molecule has 2 aromatic carbocycles. The van der Waals surface area contributed by atoms with Gasteiger partial charge in [-0.05, 0) is 32.9 Å². The molecule has 4 heteroatoms. The Hall–Kier alpha value is -2.62. The highest BCUT2D eigenvalue weighted by molar-refractivity contribution is 5.43. The summed E-state index contributed by atoms with van der Waals surface area (Å²) in [7, 11) is 0. The van der Waals surface area contributed by atoms with Crippen LogP contribution in [0.1, 0.15) is 16.7 Å². The van der Waals surface area contributed by atoms with Crippen molar-refractivity contribution in [2.45, 2.75) is 20.8 Å². The van der Waals surface area contributed by atoms with E-state index in [9.17, 15) is 14.7 Å². The van der Waals surface area contributed by atoms with Gasteiger partial charge in [-0.3, -0.25) is 9.59 Å². The molecule has 0 saturated heterocycles. The molecule has 0 radical (unpaired) electrons. The maximum atomic E-state index is 12.2. The molecule has 0 fully saturated rings. The zero-order valence-corrected chi connectivity index (χ0v) is 12.1. The fourth-order valence-electron chi connectivity index (χ4n) is 1.95. The van der Waals surface area contributed by atoms with Crippen LogP contribution in [0.15, 0.2) is 46.0 Å². The van der Waals surface area contributed by atoms with Gasteiger partial charge in [0.05, 0.1) is 0 Å². The molecule has 0 aliphatic rings. The van der Waals surface area contributed by atoms with E-state index in [0.717, 1.165) is 5.56 Å². The Morgan fingerprint density at radius 1 is 0.857 bits per heavy atom. The van der Waals surface area contributed by atoms with Crippen LogP contribution in [0.3, 0.4) is 0 Å². The van der Waals surface area contributed by atoms with Gasteiger partial charge < -0.3 is 9.84 Å². The molecule has 2 rings (SSSR count). The minimum atomic E-state index is -0.518. The minimum Gasteiger partial charge on any atom is -0.502 e. The first-order valence-corrected chi connectivity index (χ1v) is 6.52. The summed E-state index contributed by atoms with van der Waals surface area (Å²) >= 11 is 0. The largest absolute Gasteiger partial charge is 0.502 e. The van der Waals surface area contributed by atoms with Crippen molar-refractivity contribution in [2.75, 3.05) is 0 Å². The summed E-state index contributed by atoms with van der Waals surface area (Å²) in [5, 5.41) is 9.94. The van der Waals surface area contributed by atoms with E-state index in [1.54, 1.807) is 38.1 Å². The quantitative estimate of drug-likeness (QED) is 0.921. The van der Waals surface area contributed by atoms with Crippen molar-refractivity contribution in [1.82, 2.24) is 0 Å². The molecule has 108 valence electrons. The maximum Gasteiger partial charge on any atom is 0.226 e. The van der Waals surface area contributed by atoms with Crippen molar-refractivity contribution < 1.29 is 9.84 Å². The maximum absolute atomic E-state index is 12.2. The van der Waals surface area contributed by atoms with Crippen LogP contribution in [-0.2, 0) is 0 Å². The average molecular weight is 284 g/mol. The van der Waals surface area contributed by atoms with E-state index in [0.29, 0.717) is 11.1 Å². The van der Waals surface area contributed by atoms with E-state index >= 15 is 0 Å². The fraction of sp³-hybridized carbons (Fsp3) is 0.176. The Balaban J connectivity index is 2.61. The Labute approximate surface area is 122 Å². The minimum absolute atomic E-state index is 0.0338.